The zero-order valence-corrected chi connectivity index (χ0v) is 20.0. The number of carbonyl (C=O) groups is 3. The third kappa shape index (κ3) is 6.48. The first kappa shape index (κ1) is 25.5. The molecule has 34 heavy (non-hydrogen) atoms. The molecule has 0 saturated heterocycles. The maximum atomic E-state index is 13.5. The summed E-state index contributed by atoms with van der Waals surface area (Å²) < 4.78 is 0. The highest BCUT2D eigenvalue weighted by molar-refractivity contribution is 8.03. The molecule has 3 rings (SSSR count). The quantitative estimate of drug-likeness (QED) is 0.481. The number of benzene rings is 2. The predicted octanol–water partition coefficient (Wildman–Crippen LogP) is 2.84. The molecule has 1 aliphatic heterocycles. The number of aliphatic hydroxyl groups excluding tert-OH is 1. The molecule has 1 aliphatic rings. The molecule has 2 aromatic rings. The standard InChI is InChI=1S/C26H30N2O5S/c1-17(2)23-25(31)28(13-14-34-23)21(16-19-11-7-4-8-12-19)24(30)27-20(22(29)26(32)33)15-18-9-5-3-6-10-18/h3-14,17,20-23,29H,15-16H2,1-2H3,(H,27,30)(H,32,33)/t20-,21?,22?,23?/m0/s1. The Kier molecular flexibility index (Phi) is 8.90. The van der Waals surface area contributed by atoms with Gasteiger partial charge < -0.3 is 20.4 Å². The van der Waals surface area contributed by atoms with Gasteiger partial charge in [0.15, 0.2) is 6.10 Å². The summed E-state index contributed by atoms with van der Waals surface area (Å²) >= 11 is 1.42. The second-order valence-electron chi connectivity index (χ2n) is 8.62. The van der Waals surface area contributed by atoms with Crippen molar-refractivity contribution < 1.29 is 24.6 Å². The van der Waals surface area contributed by atoms with Crippen LogP contribution in [0.3, 0.4) is 0 Å². The molecule has 0 saturated carbocycles. The van der Waals surface area contributed by atoms with Gasteiger partial charge in [0.1, 0.15) is 6.04 Å². The van der Waals surface area contributed by atoms with Crippen molar-refractivity contribution >= 4 is 29.5 Å². The van der Waals surface area contributed by atoms with Crippen LogP contribution in [-0.2, 0) is 27.2 Å². The third-order valence-electron chi connectivity index (χ3n) is 5.72. The number of carboxylic acid groups (broad SMARTS) is 1. The molecule has 3 unspecified atom stereocenters. The van der Waals surface area contributed by atoms with Crippen molar-refractivity contribution in [3.8, 4) is 0 Å². The maximum Gasteiger partial charge on any atom is 0.334 e. The van der Waals surface area contributed by atoms with Gasteiger partial charge in [0.05, 0.1) is 11.3 Å². The highest BCUT2D eigenvalue weighted by Crippen LogP contribution is 2.29. The van der Waals surface area contributed by atoms with E-state index in [0.29, 0.717) is 0 Å². The number of carbonyl (C=O) groups excluding carboxylic acids is 2. The lowest BCUT2D eigenvalue weighted by atomic mass is 9.98. The number of amides is 2. The summed E-state index contributed by atoms with van der Waals surface area (Å²) in [6.07, 6.45) is 0.193. The Hall–Kier alpha value is -3.10. The molecule has 1 heterocycles. The van der Waals surface area contributed by atoms with Crippen molar-refractivity contribution in [2.24, 2.45) is 5.92 Å². The van der Waals surface area contributed by atoms with Crippen LogP contribution in [0, 0.1) is 5.92 Å². The Balaban J connectivity index is 1.89. The molecule has 180 valence electrons. The molecule has 0 spiro atoms. The highest BCUT2D eigenvalue weighted by Gasteiger charge is 2.38. The number of hydrogen-bond acceptors (Lipinski definition) is 5. The van der Waals surface area contributed by atoms with Crippen LogP contribution < -0.4 is 5.32 Å². The van der Waals surface area contributed by atoms with Crippen molar-refractivity contribution in [1.82, 2.24) is 10.2 Å². The maximum absolute atomic E-state index is 13.5. The van der Waals surface area contributed by atoms with E-state index in [1.807, 2.05) is 55.7 Å². The summed E-state index contributed by atoms with van der Waals surface area (Å²) in [5.41, 5.74) is 1.64. The molecule has 0 fully saturated rings. The van der Waals surface area contributed by atoms with Gasteiger partial charge in [0.25, 0.3) is 0 Å². The topological polar surface area (TPSA) is 107 Å². The van der Waals surface area contributed by atoms with Gasteiger partial charge in [-0.3, -0.25) is 9.59 Å². The number of rotatable bonds is 10. The zero-order chi connectivity index (χ0) is 24.7. The first-order chi connectivity index (χ1) is 16.3. The lowest BCUT2D eigenvalue weighted by molar-refractivity contribution is -0.149. The van der Waals surface area contributed by atoms with E-state index in [1.54, 1.807) is 30.5 Å². The van der Waals surface area contributed by atoms with E-state index in [0.717, 1.165) is 11.1 Å². The zero-order valence-electron chi connectivity index (χ0n) is 19.2. The average molecular weight is 483 g/mol. The summed E-state index contributed by atoms with van der Waals surface area (Å²) in [5, 5.41) is 24.0. The average Bonchev–Trinajstić information content (AvgIpc) is 2.83. The number of nitrogens with one attached hydrogen (secondary N) is 1. The van der Waals surface area contributed by atoms with Crippen LogP contribution in [0.5, 0.6) is 0 Å². The van der Waals surface area contributed by atoms with Crippen molar-refractivity contribution in [1.29, 1.82) is 0 Å². The largest absolute Gasteiger partial charge is 0.479 e. The minimum Gasteiger partial charge on any atom is -0.479 e. The summed E-state index contributed by atoms with van der Waals surface area (Å²) in [6.45, 7) is 3.91. The van der Waals surface area contributed by atoms with Gasteiger partial charge in [-0.05, 0) is 28.9 Å². The molecule has 3 N–H and O–H groups in total. The Bertz CT molecular complexity index is 1010. The van der Waals surface area contributed by atoms with Crippen LogP contribution >= 0.6 is 11.8 Å². The molecule has 7 nitrogen and oxygen atoms in total. The van der Waals surface area contributed by atoms with E-state index < -0.39 is 30.1 Å². The van der Waals surface area contributed by atoms with E-state index >= 15 is 0 Å². The minimum atomic E-state index is -1.80. The van der Waals surface area contributed by atoms with Gasteiger partial charge >= 0.3 is 5.97 Å². The Morgan fingerprint density at radius 2 is 1.56 bits per heavy atom. The van der Waals surface area contributed by atoms with Crippen molar-refractivity contribution in [2.75, 3.05) is 0 Å². The summed E-state index contributed by atoms with van der Waals surface area (Å²) in [7, 11) is 0. The summed E-state index contributed by atoms with van der Waals surface area (Å²) in [4.78, 5) is 39.8. The number of hydrogen-bond donors (Lipinski definition) is 3. The van der Waals surface area contributed by atoms with Gasteiger partial charge in [-0.1, -0.05) is 74.5 Å². The van der Waals surface area contributed by atoms with E-state index in [9.17, 15) is 24.6 Å². The number of carboxylic acids is 1. The number of nitrogens with zero attached hydrogens (tertiary/aromatic N) is 1. The molecule has 0 aromatic heterocycles. The monoisotopic (exact) mass is 482 g/mol. The van der Waals surface area contributed by atoms with Crippen LogP contribution in [0.2, 0.25) is 0 Å². The van der Waals surface area contributed by atoms with Crippen molar-refractivity contribution in [3.05, 3.63) is 83.4 Å². The van der Waals surface area contributed by atoms with Crippen LogP contribution in [0.1, 0.15) is 25.0 Å². The fraction of sp³-hybridized carbons (Fsp3) is 0.346. The fourth-order valence-electron chi connectivity index (χ4n) is 3.88. The number of aliphatic carboxylic acids is 1. The summed E-state index contributed by atoms with van der Waals surface area (Å²) in [5.74, 6) is -2.04. The highest BCUT2D eigenvalue weighted by atomic mass is 32.2. The molecule has 8 heteroatoms. The fourth-order valence-corrected chi connectivity index (χ4v) is 4.80. The van der Waals surface area contributed by atoms with Gasteiger partial charge in [0, 0.05) is 12.6 Å². The van der Waals surface area contributed by atoms with Crippen LogP contribution in [-0.4, -0.2) is 56.3 Å². The van der Waals surface area contributed by atoms with Crippen molar-refractivity contribution in [3.63, 3.8) is 0 Å². The summed E-state index contributed by atoms with van der Waals surface area (Å²) in [6, 6.07) is 16.4. The van der Waals surface area contributed by atoms with Crippen LogP contribution in [0.25, 0.3) is 0 Å². The first-order valence-electron chi connectivity index (χ1n) is 11.2. The Morgan fingerprint density at radius 3 is 2.09 bits per heavy atom. The molecular formula is C26H30N2O5S. The molecule has 0 aliphatic carbocycles. The smallest absolute Gasteiger partial charge is 0.334 e. The minimum absolute atomic E-state index is 0.0741. The molecule has 2 aromatic carbocycles. The van der Waals surface area contributed by atoms with Crippen LogP contribution in [0.15, 0.2) is 72.3 Å². The molecule has 2 amide bonds. The van der Waals surface area contributed by atoms with Gasteiger partial charge in [0.2, 0.25) is 11.8 Å². The Labute approximate surface area is 203 Å². The lowest BCUT2D eigenvalue weighted by Crippen LogP contribution is -2.57. The number of thioether (sulfide) groups is 1. The van der Waals surface area contributed by atoms with Gasteiger partial charge in [-0.2, -0.15) is 0 Å². The SMILES string of the molecule is CC(C)C1SC=CN(C(Cc2ccccc2)C(=O)N[C@@H](Cc2ccccc2)C(O)C(=O)O)C1=O. The van der Waals surface area contributed by atoms with Gasteiger partial charge in [-0.25, -0.2) is 4.79 Å². The molecule has 0 radical (unpaired) electrons. The predicted molar refractivity (Wildman–Crippen MR) is 132 cm³/mol. The van der Waals surface area contributed by atoms with Gasteiger partial charge in [-0.15, -0.1) is 11.8 Å². The molecular weight excluding hydrogens is 452 g/mol. The van der Waals surface area contributed by atoms with E-state index in [1.165, 1.54) is 16.7 Å². The second kappa shape index (κ2) is 11.9. The normalized spacial score (nSPS) is 18.4. The molecule has 0 bridgehead atoms. The van der Waals surface area contributed by atoms with E-state index in [-0.39, 0.29) is 29.9 Å². The Morgan fingerprint density at radius 1 is 1.00 bits per heavy atom. The molecule has 4 atom stereocenters. The lowest BCUT2D eigenvalue weighted by Gasteiger charge is -2.35. The number of aliphatic hydroxyl groups is 1. The van der Waals surface area contributed by atoms with Crippen LogP contribution in [0.4, 0.5) is 0 Å². The van der Waals surface area contributed by atoms with E-state index in [4.69, 9.17) is 0 Å². The first-order valence-corrected chi connectivity index (χ1v) is 12.2. The third-order valence-corrected chi connectivity index (χ3v) is 7.04. The second-order valence-corrected chi connectivity index (χ2v) is 9.68. The van der Waals surface area contributed by atoms with Crippen molar-refractivity contribution in [2.45, 2.75) is 50.1 Å². The van der Waals surface area contributed by atoms with E-state index in [2.05, 4.69) is 5.32 Å².